The molecule has 2 aromatic rings. The molecule has 4 rings (SSSR count). The predicted octanol–water partition coefficient (Wildman–Crippen LogP) is 1.44. The van der Waals surface area contributed by atoms with Gasteiger partial charge in [-0.1, -0.05) is 12.1 Å². The monoisotopic (exact) mass is 520 g/mol. The van der Waals surface area contributed by atoms with Gasteiger partial charge in [-0.3, -0.25) is 19.3 Å². The summed E-state index contributed by atoms with van der Waals surface area (Å²) in [5, 5.41) is 13.8. The highest BCUT2D eigenvalue weighted by molar-refractivity contribution is 5.73. The molecule has 12 nitrogen and oxygen atoms in total. The summed E-state index contributed by atoms with van der Waals surface area (Å²) < 4.78 is 19.7. The van der Waals surface area contributed by atoms with Crippen LogP contribution in [-0.4, -0.2) is 101 Å². The number of rotatable bonds is 8. The lowest BCUT2D eigenvalue weighted by molar-refractivity contribution is -0.131. The summed E-state index contributed by atoms with van der Waals surface area (Å²) in [5.41, 5.74) is 1.11. The number of hydrogen-bond donors (Lipinski definition) is 2. The molecule has 1 aromatic carbocycles. The second kappa shape index (κ2) is 16.2. The number of hydrogen-bond acceptors (Lipinski definition) is 8. The Hall–Kier alpha value is -3.64. The van der Waals surface area contributed by atoms with Crippen molar-refractivity contribution in [1.82, 2.24) is 19.4 Å². The minimum atomic E-state index is -0.250. The predicted molar refractivity (Wildman–Crippen MR) is 133 cm³/mol. The van der Waals surface area contributed by atoms with E-state index in [1.807, 2.05) is 34.1 Å². The van der Waals surface area contributed by atoms with Crippen LogP contribution >= 0.6 is 0 Å². The largest absolute Gasteiger partial charge is 0.493 e. The van der Waals surface area contributed by atoms with Gasteiger partial charge in [0.05, 0.1) is 39.3 Å². The molecular weight excluding hydrogens is 484 g/mol. The Morgan fingerprint density at radius 2 is 1.95 bits per heavy atom. The number of aromatic nitrogens is 2. The molecule has 0 radical (unpaired) electrons. The molecule has 2 N–H and O–H groups in total. The first-order valence-electron chi connectivity index (χ1n) is 11.9. The van der Waals surface area contributed by atoms with Crippen LogP contribution in [0.15, 0.2) is 36.9 Å². The van der Waals surface area contributed by atoms with Crippen LogP contribution in [0.5, 0.6) is 11.5 Å². The first-order chi connectivity index (χ1) is 18.0. The van der Waals surface area contributed by atoms with Gasteiger partial charge in [0, 0.05) is 63.5 Å². The quantitative estimate of drug-likeness (QED) is 0.388. The van der Waals surface area contributed by atoms with Crippen LogP contribution in [0, 0.1) is 5.92 Å². The van der Waals surface area contributed by atoms with Crippen molar-refractivity contribution in [3.63, 3.8) is 0 Å². The molecule has 204 valence electrons. The zero-order chi connectivity index (χ0) is 27.0. The molecule has 2 bridgehead atoms. The average Bonchev–Trinajstić information content (AvgIpc) is 3.22. The number of carbonyl (C=O) groups is 3. The molecule has 2 saturated heterocycles. The Labute approximate surface area is 216 Å². The van der Waals surface area contributed by atoms with Crippen LogP contribution in [0.3, 0.4) is 0 Å². The van der Waals surface area contributed by atoms with Gasteiger partial charge in [-0.05, 0) is 12.5 Å². The zero-order valence-electron chi connectivity index (χ0n) is 21.3. The molecule has 1 aromatic heterocycles. The van der Waals surface area contributed by atoms with Crippen molar-refractivity contribution in [2.45, 2.75) is 32.5 Å². The number of benzene rings is 1. The maximum Gasteiger partial charge on any atom is 0.290 e. The van der Waals surface area contributed by atoms with Gasteiger partial charge in [0.1, 0.15) is 0 Å². The van der Waals surface area contributed by atoms with Crippen molar-refractivity contribution in [3.8, 4) is 11.5 Å². The van der Waals surface area contributed by atoms with E-state index in [0.29, 0.717) is 25.7 Å². The first-order valence-corrected chi connectivity index (χ1v) is 11.9. The van der Waals surface area contributed by atoms with E-state index in [4.69, 9.17) is 34.0 Å². The van der Waals surface area contributed by atoms with Gasteiger partial charge < -0.3 is 33.9 Å². The number of aryl methyl sites for hydroxylation is 1. The number of amides is 1. The smallest absolute Gasteiger partial charge is 0.290 e. The molecular formula is C25H36N4O8. The van der Waals surface area contributed by atoms with Gasteiger partial charge in [0.25, 0.3) is 12.9 Å². The van der Waals surface area contributed by atoms with Crippen LogP contribution in [0.4, 0.5) is 0 Å². The van der Waals surface area contributed by atoms with Gasteiger partial charge in [-0.25, -0.2) is 4.98 Å². The summed E-state index contributed by atoms with van der Waals surface area (Å²) >= 11 is 0. The minimum absolute atomic E-state index is 0.0927. The molecule has 1 amide bonds. The molecule has 2 fully saturated rings. The molecule has 2 atom stereocenters. The maximum atomic E-state index is 12.1. The summed E-state index contributed by atoms with van der Waals surface area (Å²) in [4.78, 5) is 37.3. The van der Waals surface area contributed by atoms with Gasteiger partial charge >= 0.3 is 0 Å². The summed E-state index contributed by atoms with van der Waals surface area (Å²) in [5.74, 6) is 2.01. The minimum Gasteiger partial charge on any atom is -0.493 e. The standard InChI is InChI=1S/C23H32N4O4.2CH2O2/c1-18(28)27-12-19-11-26(14-21(27)16-30-15-19)13-20-5-3-6-22(29-2)23(20)31-10-4-8-25-9-7-24-17-25;2*2-1-3/h3,5-7,9,17,19,21H,4,8,10-16H2,1-2H3;2*1H,(H,2,3)/t19-,21-;;/m0../s1. The van der Waals surface area contributed by atoms with E-state index in [-0.39, 0.29) is 24.9 Å². The topological polar surface area (TPSA) is 144 Å². The molecule has 2 aliphatic heterocycles. The number of para-hydroxylation sites is 1. The van der Waals surface area contributed by atoms with Crippen molar-refractivity contribution >= 4 is 18.9 Å². The highest BCUT2D eigenvalue weighted by atomic mass is 16.5. The molecule has 0 saturated carbocycles. The number of fused-ring (bicyclic) bond motifs is 3. The van der Waals surface area contributed by atoms with Crippen molar-refractivity contribution in [2.75, 3.05) is 46.6 Å². The van der Waals surface area contributed by atoms with E-state index < -0.39 is 0 Å². The Bertz CT molecular complexity index is 950. The van der Waals surface area contributed by atoms with Crippen molar-refractivity contribution < 1.29 is 38.8 Å². The fraction of sp³-hybridized carbons (Fsp3) is 0.520. The number of imidazole rings is 1. The third-order valence-corrected chi connectivity index (χ3v) is 5.99. The highest BCUT2D eigenvalue weighted by Gasteiger charge is 2.34. The van der Waals surface area contributed by atoms with Gasteiger partial charge in [-0.2, -0.15) is 0 Å². The summed E-state index contributed by atoms with van der Waals surface area (Å²) in [6.07, 6.45) is 6.44. The lowest BCUT2D eigenvalue weighted by atomic mass is 10.1. The lowest BCUT2D eigenvalue weighted by Gasteiger charge is -2.31. The van der Waals surface area contributed by atoms with Crippen molar-refractivity contribution in [3.05, 3.63) is 42.5 Å². The zero-order valence-corrected chi connectivity index (χ0v) is 21.3. The van der Waals surface area contributed by atoms with E-state index in [1.165, 1.54) is 0 Å². The molecule has 2 aliphatic rings. The SMILES string of the molecule is COc1cccc(CN2C[C@@H]3COC[C@H](C2)N(C(C)=O)C3)c1OCCCn1ccnc1.O=CO.O=CO. The van der Waals surface area contributed by atoms with E-state index in [1.54, 1.807) is 20.2 Å². The molecule has 0 aliphatic carbocycles. The maximum absolute atomic E-state index is 12.1. The molecule has 0 spiro atoms. The van der Waals surface area contributed by atoms with E-state index in [2.05, 4.69) is 16.0 Å². The van der Waals surface area contributed by atoms with Crippen molar-refractivity contribution in [1.29, 1.82) is 0 Å². The van der Waals surface area contributed by atoms with Gasteiger partial charge in [-0.15, -0.1) is 0 Å². The number of carbonyl (C=O) groups excluding carboxylic acids is 1. The van der Waals surface area contributed by atoms with E-state index in [0.717, 1.165) is 56.2 Å². The molecule has 0 unspecified atom stereocenters. The van der Waals surface area contributed by atoms with Crippen LogP contribution in [0.1, 0.15) is 18.9 Å². The summed E-state index contributed by atoms with van der Waals surface area (Å²) in [6.45, 7) is 7.14. The van der Waals surface area contributed by atoms with E-state index in [9.17, 15) is 4.79 Å². The summed E-state index contributed by atoms with van der Waals surface area (Å²) in [6, 6.07) is 6.15. The number of methoxy groups -OCH3 is 1. The number of nitrogens with zero attached hydrogens (tertiary/aromatic N) is 4. The third-order valence-electron chi connectivity index (χ3n) is 5.99. The van der Waals surface area contributed by atoms with Crippen LogP contribution in [0.25, 0.3) is 0 Å². The average molecular weight is 521 g/mol. The molecule has 12 heteroatoms. The lowest BCUT2D eigenvalue weighted by Crippen LogP contribution is -2.45. The van der Waals surface area contributed by atoms with Crippen molar-refractivity contribution in [2.24, 2.45) is 5.92 Å². The first kappa shape index (κ1) is 29.6. The molecule has 3 heterocycles. The highest BCUT2D eigenvalue weighted by Crippen LogP contribution is 2.33. The fourth-order valence-corrected chi connectivity index (χ4v) is 4.55. The Balaban J connectivity index is 0.000000733. The fourth-order valence-electron chi connectivity index (χ4n) is 4.55. The Morgan fingerprint density at radius 3 is 2.59 bits per heavy atom. The second-order valence-electron chi connectivity index (χ2n) is 8.58. The number of carboxylic acid groups (broad SMARTS) is 2. The van der Waals surface area contributed by atoms with Crippen LogP contribution in [-0.2, 0) is 32.2 Å². The second-order valence-corrected chi connectivity index (χ2v) is 8.58. The Morgan fingerprint density at radius 1 is 1.19 bits per heavy atom. The Kier molecular flexibility index (Phi) is 12.9. The summed E-state index contributed by atoms with van der Waals surface area (Å²) in [7, 11) is 1.68. The van der Waals surface area contributed by atoms with Crippen LogP contribution < -0.4 is 9.47 Å². The molecule has 37 heavy (non-hydrogen) atoms. The van der Waals surface area contributed by atoms with Crippen LogP contribution in [0.2, 0.25) is 0 Å². The van der Waals surface area contributed by atoms with E-state index >= 15 is 0 Å². The van der Waals surface area contributed by atoms with Gasteiger partial charge in [0.15, 0.2) is 11.5 Å². The number of ether oxygens (including phenoxy) is 3. The van der Waals surface area contributed by atoms with Gasteiger partial charge in [0.2, 0.25) is 5.91 Å². The normalized spacial score (nSPS) is 18.7. The third kappa shape index (κ3) is 9.39.